The standard InChI is InChI=1S/C8H15NO2S/c1-3-4-5-8(6-7-12)9(10)11-2/h5-7,9,12H,3-4H2,1-2H3/b7-6-,8-5+. The molecule has 0 saturated carbocycles. The lowest BCUT2D eigenvalue weighted by atomic mass is 10.3. The van der Waals surface area contributed by atoms with Gasteiger partial charge >= 0.3 is 0 Å². The Labute approximate surface area is 78.6 Å². The number of rotatable bonds is 5. The maximum atomic E-state index is 11.0. The Hall–Kier alpha value is -0.290. The van der Waals surface area contributed by atoms with Crippen LogP contribution in [-0.2, 0) is 4.84 Å². The molecule has 3 nitrogen and oxygen atoms in total. The van der Waals surface area contributed by atoms with Crippen molar-refractivity contribution in [2.45, 2.75) is 19.8 Å². The van der Waals surface area contributed by atoms with Crippen LogP contribution in [0.5, 0.6) is 0 Å². The number of allylic oxidation sites excluding steroid dienone is 2. The summed E-state index contributed by atoms with van der Waals surface area (Å²) in [6.45, 7) is 2.05. The Bertz CT molecular complexity index is 168. The maximum Gasteiger partial charge on any atom is 0.160 e. The molecular weight excluding hydrogens is 174 g/mol. The van der Waals surface area contributed by atoms with E-state index in [0.29, 0.717) is 5.70 Å². The molecule has 1 N–H and O–H groups in total. The second-order valence-corrected chi connectivity index (χ2v) is 2.55. The fraction of sp³-hybridized carbons (Fsp3) is 0.500. The first kappa shape index (κ1) is 11.7. The lowest BCUT2D eigenvalue weighted by molar-refractivity contribution is -1.01. The lowest BCUT2D eigenvalue weighted by Crippen LogP contribution is -3.03. The highest BCUT2D eigenvalue weighted by Gasteiger charge is 2.00. The van der Waals surface area contributed by atoms with Crippen molar-refractivity contribution in [3.05, 3.63) is 28.5 Å². The zero-order valence-corrected chi connectivity index (χ0v) is 8.30. The minimum Gasteiger partial charge on any atom is -0.595 e. The van der Waals surface area contributed by atoms with E-state index in [-0.39, 0.29) is 5.23 Å². The van der Waals surface area contributed by atoms with Gasteiger partial charge in [-0.15, -0.1) is 0 Å². The predicted octanol–water partition coefficient (Wildman–Crippen LogP) is 1.06. The van der Waals surface area contributed by atoms with Gasteiger partial charge < -0.3 is 5.21 Å². The van der Waals surface area contributed by atoms with Crippen LogP contribution in [0.25, 0.3) is 0 Å². The van der Waals surface area contributed by atoms with E-state index in [9.17, 15) is 5.21 Å². The molecule has 0 heterocycles. The third-order valence-electron chi connectivity index (χ3n) is 1.33. The van der Waals surface area contributed by atoms with E-state index < -0.39 is 0 Å². The average Bonchev–Trinajstić information content (AvgIpc) is 2.11. The molecule has 12 heavy (non-hydrogen) atoms. The molecule has 0 bridgehead atoms. The van der Waals surface area contributed by atoms with Gasteiger partial charge in [-0.2, -0.15) is 17.9 Å². The molecule has 0 aliphatic carbocycles. The first-order valence-electron chi connectivity index (χ1n) is 3.85. The Kier molecular flexibility index (Phi) is 7.19. The van der Waals surface area contributed by atoms with E-state index in [1.54, 1.807) is 6.08 Å². The Morgan fingerprint density at radius 1 is 1.67 bits per heavy atom. The minimum atomic E-state index is -0.311. The number of hydrogen-bond donors (Lipinski definition) is 2. The van der Waals surface area contributed by atoms with Crippen LogP contribution in [0, 0.1) is 5.21 Å². The van der Waals surface area contributed by atoms with Crippen LogP contribution >= 0.6 is 12.6 Å². The second-order valence-electron chi connectivity index (χ2n) is 2.26. The van der Waals surface area contributed by atoms with Crippen molar-refractivity contribution in [3.63, 3.8) is 0 Å². The highest BCUT2D eigenvalue weighted by Crippen LogP contribution is 1.95. The monoisotopic (exact) mass is 189 g/mol. The molecule has 0 aromatic carbocycles. The zero-order chi connectivity index (χ0) is 9.40. The van der Waals surface area contributed by atoms with Gasteiger partial charge in [-0.3, -0.25) is 0 Å². The quantitative estimate of drug-likeness (QED) is 0.385. The molecule has 0 aliphatic heterocycles. The fourth-order valence-corrected chi connectivity index (χ4v) is 0.878. The topological polar surface area (TPSA) is 36.7 Å². The van der Waals surface area contributed by atoms with E-state index in [4.69, 9.17) is 0 Å². The molecule has 0 aromatic rings. The van der Waals surface area contributed by atoms with Gasteiger partial charge in [-0.05, 0) is 17.9 Å². The third-order valence-corrected chi connectivity index (χ3v) is 1.48. The summed E-state index contributed by atoms with van der Waals surface area (Å²) in [6, 6.07) is 0. The van der Waals surface area contributed by atoms with E-state index in [0.717, 1.165) is 12.8 Å². The molecule has 0 radical (unpaired) electrons. The van der Waals surface area contributed by atoms with Gasteiger partial charge in [-0.1, -0.05) is 13.3 Å². The van der Waals surface area contributed by atoms with E-state index >= 15 is 0 Å². The average molecular weight is 189 g/mol. The van der Waals surface area contributed by atoms with E-state index in [2.05, 4.69) is 24.4 Å². The molecule has 4 heteroatoms. The summed E-state index contributed by atoms with van der Waals surface area (Å²) < 4.78 is 0. The zero-order valence-electron chi connectivity index (χ0n) is 7.41. The largest absolute Gasteiger partial charge is 0.595 e. The van der Waals surface area contributed by atoms with Crippen LogP contribution in [0.4, 0.5) is 0 Å². The molecule has 70 valence electrons. The van der Waals surface area contributed by atoms with Crippen molar-refractivity contribution in [3.8, 4) is 0 Å². The normalized spacial score (nSPS) is 15.5. The molecular formula is C8H15NO2S. The van der Waals surface area contributed by atoms with E-state index in [1.165, 1.54) is 12.5 Å². The van der Waals surface area contributed by atoms with Crippen LogP contribution in [0.1, 0.15) is 19.8 Å². The number of thiol groups is 1. The molecule has 0 spiro atoms. The molecule has 1 atom stereocenters. The Balaban J connectivity index is 4.20. The highest BCUT2D eigenvalue weighted by molar-refractivity contribution is 7.83. The lowest BCUT2D eigenvalue weighted by Gasteiger charge is -2.17. The van der Waals surface area contributed by atoms with Gasteiger partial charge in [0, 0.05) is 6.08 Å². The van der Waals surface area contributed by atoms with Gasteiger partial charge in [0.2, 0.25) is 0 Å². The maximum absolute atomic E-state index is 11.0. The summed E-state index contributed by atoms with van der Waals surface area (Å²) in [6.07, 6.45) is 5.37. The molecule has 1 unspecified atom stereocenters. The minimum absolute atomic E-state index is 0.311. The van der Waals surface area contributed by atoms with E-state index in [1.807, 2.05) is 6.08 Å². The van der Waals surface area contributed by atoms with Crippen molar-refractivity contribution in [2.75, 3.05) is 7.11 Å². The first-order valence-corrected chi connectivity index (χ1v) is 4.37. The van der Waals surface area contributed by atoms with Crippen molar-refractivity contribution >= 4 is 12.6 Å². The smallest absolute Gasteiger partial charge is 0.160 e. The molecule has 0 fully saturated rings. The van der Waals surface area contributed by atoms with Gasteiger partial charge in [-0.25, -0.2) is 4.84 Å². The van der Waals surface area contributed by atoms with Crippen LogP contribution in [-0.4, -0.2) is 7.11 Å². The van der Waals surface area contributed by atoms with Crippen LogP contribution in [0.15, 0.2) is 23.3 Å². The first-order chi connectivity index (χ1) is 5.76. The number of unbranched alkanes of at least 4 members (excludes halogenated alkanes) is 1. The number of quaternary nitrogens is 1. The SMILES string of the molecule is CCC/C=C(\C=C/S)[NH+]([O-])OC. The Morgan fingerprint density at radius 3 is 2.75 bits per heavy atom. The molecule has 0 amide bonds. The third kappa shape index (κ3) is 4.56. The highest BCUT2D eigenvalue weighted by atomic mass is 32.1. The summed E-state index contributed by atoms with van der Waals surface area (Å²) in [5.74, 6) is 0. The van der Waals surface area contributed by atoms with Crippen LogP contribution in [0.2, 0.25) is 0 Å². The van der Waals surface area contributed by atoms with Crippen molar-refractivity contribution in [1.29, 1.82) is 0 Å². The van der Waals surface area contributed by atoms with Gasteiger partial charge in [0.1, 0.15) is 0 Å². The molecule has 0 rings (SSSR count). The number of hydroxylamine groups is 2. The van der Waals surface area contributed by atoms with Crippen LogP contribution in [0.3, 0.4) is 0 Å². The summed E-state index contributed by atoms with van der Waals surface area (Å²) in [7, 11) is 1.37. The van der Waals surface area contributed by atoms with Crippen molar-refractivity contribution < 1.29 is 10.1 Å². The fourth-order valence-electron chi connectivity index (χ4n) is 0.717. The summed E-state index contributed by atoms with van der Waals surface area (Å²) in [5, 5.41) is 12.2. The van der Waals surface area contributed by atoms with Gasteiger partial charge in [0.15, 0.2) is 5.70 Å². The second kappa shape index (κ2) is 7.36. The van der Waals surface area contributed by atoms with Crippen molar-refractivity contribution in [1.82, 2.24) is 0 Å². The Morgan fingerprint density at radius 2 is 2.33 bits per heavy atom. The number of nitrogens with one attached hydrogen (secondary N) is 1. The molecule has 0 saturated heterocycles. The van der Waals surface area contributed by atoms with Gasteiger partial charge in [0.25, 0.3) is 0 Å². The number of hydrogen-bond acceptors (Lipinski definition) is 3. The van der Waals surface area contributed by atoms with Crippen molar-refractivity contribution in [2.24, 2.45) is 0 Å². The molecule has 0 aliphatic rings. The molecule has 0 aromatic heterocycles. The summed E-state index contributed by atoms with van der Waals surface area (Å²) in [4.78, 5) is 4.57. The predicted molar refractivity (Wildman–Crippen MR) is 52.5 cm³/mol. The summed E-state index contributed by atoms with van der Waals surface area (Å²) >= 11 is 3.89. The summed E-state index contributed by atoms with van der Waals surface area (Å²) in [5.41, 5.74) is 0.564. The van der Waals surface area contributed by atoms with Gasteiger partial charge in [0.05, 0.1) is 7.11 Å². The van der Waals surface area contributed by atoms with Crippen LogP contribution < -0.4 is 5.23 Å².